The third kappa shape index (κ3) is 3.95. The van der Waals surface area contributed by atoms with Gasteiger partial charge in [0.05, 0.1) is 19.7 Å². The fraction of sp³-hybridized carbons (Fsp3) is 0.364. The Balaban J connectivity index is 1.66. The number of fused-ring (bicyclic) bond motifs is 1. The Labute approximate surface area is 173 Å². The summed E-state index contributed by atoms with van der Waals surface area (Å²) in [6.45, 7) is 1.04. The molecule has 1 unspecified atom stereocenters. The maximum Gasteiger partial charge on any atom is 0.359 e. The summed E-state index contributed by atoms with van der Waals surface area (Å²) >= 11 is 0. The van der Waals surface area contributed by atoms with Crippen LogP contribution in [-0.4, -0.2) is 36.6 Å². The van der Waals surface area contributed by atoms with Crippen LogP contribution >= 0.6 is 0 Å². The van der Waals surface area contributed by atoms with Crippen molar-refractivity contribution in [2.75, 3.05) is 26.1 Å². The largest absolute Gasteiger partial charge is 0.496 e. The Kier molecular flexibility index (Phi) is 5.85. The molecule has 8 heteroatoms. The average molecular weight is 413 g/mol. The van der Waals surface area contributed by atoms with E-state index in [4.69, 9.17) is 14.2 Å². The lowest BCUT2D eigenvalue weighted by molar-refractivity contribution is -0.0369. The summed E-state index contributed by atoms with van der Waals surface area (Å²) in [5.74, 6) is -0.231. The number of carbonyl (C=O) groups excluding carboxylic acids is 1. The molecule has 1 aliphatic rings. The van der Waals surface area contributed by atoms with Crippen LogP contribution in [0.15, 0.2) is 36.4 Å². The van der Waals surface area contributed by atoms with E-state index in [0.717, 1.165) is 30.5 Å². The van der Waals surface area contributed by atoms with E-state index in [1.165, 1.54) is 19.2 Å². The first-order chi connectivity index (χ1) is 14.6. The predicted octanol–water partition coefficient (Wildman–Crippen LogP) is 4.28. The molecule has 4 rings (SSSR count). The lowest BCUT2D eigenvalue weighted by atomic mass is 10.1. The van der Waals surface area contributed by atoms with Gasteiger partial charge in [-0.3, -0.25) is 0 Å². The second kappa shape index (κ2) is 8.71. The zero-order chi connectivity index (χ0) is 21.1. The molecule has 2 heterocycles. The molecule has 0 saturated carbocycles. The minimum atomic E-state index is -0.501. The van der Waals surface area contributed by atoms with Crippen molar-refractivity contribution in [3.8, 4) is 5.75 Å². The van der Waals surface area contributed by atoms with Crippen LogP contribution in [0.2, 0.25) is 0 Å². The van der Waals surface area contributed by atoms with Gasteiger partial charge in [-0.2, -0.15) is 5.10 Å². The van der Waals surface area contributed by atoms with Gasteiger partial charge in [-0.1, -0.05) is 0 Å². The number of halogens is 1. The SMILES string of the molecule is COC(=O)c1nn(C2CCCCO2)c2ccc(NCc3cc(F)ccc3OC)cc12. The van der Waals surface area contributed by atoms with Gasteiger partial charge in [0.25, 0.3) is 0 Å². The van der Waals surface area contributed by atoms with Crippen molar-refractivity contribution in [2.24, 2.45) is 0 Å². The van der Waals surface area contributed by atoms with Crippen molar-refractivity contribution < 1.29 is 23.4 Å². The fourth-order valence-electron chi connectivity index (χ4n) is 3.72. The van der Waals surface area contributed by atoms with Crippen LogP contribution in [0.25, 0.3) is 10.9 Å². The highest BCUT2D eigenvalue weighted by atomic mass is 19.1. The number of benzene rings is 2. The normalized spacial score (nSPS) is 16.4. The van der Waals surface area contributed by atoms with Crippen LogP contribution in [0, 0.1) is 5.82 Å². The first kappa shape index (κ1) is 20.2. The number of carbonyl (C=O) groups is 1. The van der Waals surface area contributed by atoms with Gasteiger partial charge < -0.3 is 19.5 Å². The van der Waals surface area contributed by atoms with Gasteiger partial charge in [-0.15, -0.1) is 0 Å². The second-order valence-corrected chi connectivity index (χ2v) is 7.15. The van der Waals surface area contributed by atoms with E-state index in [1.807, 2.05) is 18.2 Å². The van der Waals surface area contributed by atoms with Gasteiger partial charge in [0.2, 0.25) is 0 Å². The predicted molar refractivity (Wildman–Crippen MR) is 110 cm³/mol. The molecular formula is C22H24FN3O4. The van der Waals surface area contributed by atoms with Crippen LogP contribution in [0.3, 0.4) is 0 Å². The molecular weight excluding hydrogens is 389 g/mol. The maximum absolute atomic E-state index is 13.6. The quantitative estimate of drug-likeness (QED) is 0.608. The molecule has 0 aliphatic carbocycles. The first-order valence-corrected chi connectivity index (χ1v) is 9.89. The van der Waals surface area contributed by atoms with Crippen molar-refractivity contribution in [3.05, 3.63) is 53.5 Å². The highest BCUT2D eigenvalue weighted by molar-refractivity contribution is 6.03. The molecule has 3 aromatic rings. The Morgan fingerprint density at radius 3 is 2.87 bits per heavy atom. The summed E-state index contributed by atoms with van der Waals surface area (Å²) < 4.78 is 31.5. The van der Waals surface area contributed by atoms with Crippen molar-refractivity contribution >= 4 is 22.6 Å². The Bertz CT molecular complexity index is 1060. The van der Waals surface area contributed by atoms with Crippen molar-refractivity contribution in [2.45, 2.75) is 32.0 Å². The van der Waals surface area contributed by atoms with E-state index in [1.54, 1.807) is 17.9 Å². The zero-order valence-corrected chi connectivity index (χ0v) is 17.0. The summed E-state index contributed by atoms with van der Waals surface area (Å²) in [7, 11) is 2.88. The lowest BCUT2D eigenvalue weighted by Crippen LogP contribution is -2.19. The highest BCUT2D eigenvalue weighted by Gasteiger charge is 2.24. The standard InChI is InChI=1S/C22H24FN3O4/c1-28-19-9-6-15(23)11-14(19)13-24-16-7-8-18-17(12-16)21(22(27)29-2)25-26(18)20-5-3-4-10-30-20/h6-9,11-12,20,24H,3-5,10,13H2,1-2H3. The number of rotatable bonds is 6. The van der Waals surface area contributed by atoms with Crippen LogP contribution in [0.1, 0.15) is 41.5 Å². The molecule has 30 heavy (non-hydrogen) atoms. The van der Waals surface area contributed by atoms with Gasteiger partial charge in [0.1, 0.15) is 11.6 Å². The van der Waals surface area contributed by atoms with Crippen molar-refractivity contribution in [1.82, 2.24) is 9.78 Å². The summed E-state index contributed by atoms with van der Waals surface area (Å²) in [4.78, 5) is 12.3. The number of ether oxygens (including phenoxy) is 3. The van der Waals surface area contributed by atoms with E-state index in [-0.39, 0.29) is 17.7 Å². The van der Waals surface area contributed by atoms with E-state index < -0.39 is 5.97 Å². The third-order valence-electron chi connectivity index (χ3n) is 5.24. The number of aromatic nitrogens is 2. The van der Waals surface area contributed by atoms with E-state index in [2.05, 4.69) is 10.4 Å². The number of hydrogen-bond donors (Lipinski definition) is 1. The zero-order valence-electron chi connectivity index (χ0n) is 17.0. The molecule has 7 nitrogen and oxygen atoms in total. The number of nitrogens with one attached hydrogen (secondary N) is 1. The molecule has 1 saturated heterocycles. The first-order valence-electron chi connectivity index (χ1n) is 9.89. The van der Waals surface area contributed by atoms with Gasteiger partial charge in [0, 0.05) is 29.8 Å². The highest BCUT2D eigenvalue weighted by Crippen LogP contribution is 2.30. The van der Waals surface area contributed by atoms with Crippen LogP contribution in [0.4, 0.5) is 10.1 Å². The van der Waals surface area contributed by atoms with Crippen molar-refractivity contribution in [3.63, 3.8) is 0 Å². The molecule has 158 valence electrons. The molecule has 1 aliphatic heterocycles. The number of esters is 1. The summed E-state index contributed by atoms with van der Waals surface area (Å²) in [5.41, 5.74) is 2.50. The molecule has 2 aromatic carbocycles. The summed E-state index contributed by atoms with van der Waals surface area (Å²) in [6, 6.07) is 10.0. The molecule has 1 N–H and O–H groups in total. The Morgan fingerprint density at radius 2 is 2.13 bits per heavy atom. The van der Waals surface area contributed by atoms with Gasteiger partial charge >= 0.3 is 5.97 Å². The van der Waals surface area contributed by atoms with Crippen LogP contribution in [0.5, 0.6) is 5.75 Å². The Morgan fingerprint density at radius 1 is 1.27 bits per heavy atom. The van der Waals surface area contributed by atoms with Gasteiger partial charge in [-0.05, 0) is 55.7 Å². The molecule has 1 atom stereocenters. The topological polar surface area (TPSA) is 74.6 Å². The van der Waals surface area contributed by atoms with Crippen LogP contribution in [-0.2, 0) is 16.0 Å². The second-order valence-electron chi connectivity index (χ2n) is 7.15. The molecule has 0 spiro atoms. The smallest absolute Gasteiger partial charge is 0.359 e. The maximum atomic E-state index is 13.6. The third-order valence-corrected chi connectivity index (χ3v) is 5.24. The van der Waals surface area contributed by atoms with E-state index in [9.17, 15) is 9.18 Å². The van der Waals surface area contributed by atoms with Crippen molar-refractivity contribution in [1.29, 1.82) is 0 Å². The average Bonchev–Trinajstić information content (AvgIpc) is 3.16. The van der Waals surface area contributed by atoms with E-state index >= 15 is 0 Å². The molecule has 1 fully saturated rings. The minimum Gasteiger partial charge on any atom is -0.496 e. The number of anilines is 1. The minimum absolute atomic E-state index is 0.199. The lowest BCUT2D eigenvalue weighted by Gasteiger charge is -2.23. The van der Waals surface area contributed by atoms with Gasteiger partial charge in [-0.25, -0.2) is 13.9 Å². The molecule has 1 aromatic heterocycles. The fourth-order valence-corrected chi connectivity index (χ4v) is 3.72. The number of methoxy groups -OCH3 is 2. The monoisotopic (exact) mass is 413 g/mol. The molecule has 0 radical (unpaired) electrons. The molecule has 0 bridgehead atoms. The number of nitrogens with zero attached hydrogens (tertiary/aromatic N) is 2. The van der Waals surface area contributed by atoms with Gasteiger partial charge in [0.15, 0.2) is 11.9 Å². The number of hydrogen-bond acceptors (Lipinski definition) is 6. The molecule has 0 amide bonds. The summed E-state index contributed by atoms with van der Waals surface area (Å²) in [6.07, 6.45) is 2.72. The Hall–Kier alpha value is -3.13. The van der Waals surface area contributed by atoms with E-state index in [0.29, 0.717) is 29.9 Å². The summed E-state index contributed by atoms with van der Waals surface area (Å²) in [5, 5.41) is 8.44. The van der Waals surface area contributed by atoms with Crippen LogP contribution < -0.4 is 10.1 Å².